The van der Waals surface area contributed by atoms with E-state index in [2.05, 4.69) is 78.6 Å². The molecule has 0 N–H and O–H groups in total. The predicted octanol–water partition coefficient (Wildman–Crippen LogP) is 4.47. The fraction of sp³-hybridized carbons (Fsp3) is 1.00. The fourth-order valence-electron chi connectivity index (χ4n) is 2.60. The van der Waals surface area contributed by atoms with Gasteiger partial charge in [-0.25, -0.2) is 0 Å². The molecule has 0 atom stereocenters. The molecular formula is C14H40O6Si8. The second kappa shape index (κ2) is 13.8. The van der Waals surface area contributed by atoms with Crippen LogP contribution in [0.1, 0.15) is 0 Å². The average Bonchev–Trinajstić information content (AvgIpc) is 2.40. The normalized spacial score (nSPS) is 13.9. The van der Waals surface area contributed by atoms with Crippen LogP contribution in [-0.2, 0) is 24.7 Å². The van der Waals surface area contributed by atoms with Crippen LogP contribution in [0.5, 0.6) is 0 Å². The van der Waals surface area contributed by atoms with E-state index in [4.69, 9.17) is 24.7 Å². The third-order valence-electron chi connectivity index (χ3n) is 2.90. The summed E-state index contributed by atoms with van der Waals surface area (Å²) in [6.07, 6.45) is 0. The molecular weight excluding hydrogens is 489 g/mol. The Labute approximate surface area is 186 Å². The monoisotopic (exact) mass is 528 g/mol. The quantitative estimate of drug-likeness (QED) is 0.292. The molecule has 0 saturated heterocycles. The van der Waals surface area contributed by atoms with E-state index in [1.165, 1.54) is 0 Å². The van der Waals surface area contributed by atoms with Crippen molar-refractivity contribution in [1.29, 1.82) is 0 Å². The molecule has 0 aliphatic rings. The van der Waals surface area contributed by atoms with Crippen LogP contribution in [-0.4, -0.2) is 71.9 Å². The Morgan fingerprint density at radius 2 is 0.500 bits per heavy atom. The highest BCUT2D eigenvalue weighted by molar-refractivity contribution is 6.83. The van der Waals surface area contributed by atoms with Crippen LogP contribution in [0.25, 0.3) is 0 Å². The van der Waals surface area contributed by atoms with E-state index in [-0.39, 0.29) is 0 Å². The van der Waals surface area contributed by atoms with Gasteiger partial charge in [0.2, 0.25) is 0 Å². The number of hydrogen-bond donors (Lipinski definition) is 0. The first-order valence-electron chi connectivity index (χ1n) is 9.66. The zero-order valence-corrected chi connectivity index (χ0v) is 27.9. The van der Waals surface area contributed by atoms with E-state index in [0.717, 1.165) is 12.1 Å². The Balaban J connectivity index is 5.82. The van der Waals surface area contributed by atoms with Crippen molar-refractivity contribution in [3.05, 3.63) is 0 Å². The first-order chi connectivity index (χ1) is 12.7. The lowest BCUT2D eigenvalue weighted by Gasteiger charge is -2.39. The van der Waals surface area contributed by atoms with Crippen LogP contribution in [0.4, 0.5) is 0 Å². The molecule has 0 amide bonds. The van der Waals surface area contributed by atoms with Gasteiger partial charge in [-0.1, -0.05) is 0 Å². The van der Waals surface area contributed by atoms with E-state index in [1.54, 1.807) is 0 Å². The van der Waals surface area contributed by atoms with Gasteiger partial charge in [0.05, 0.1) is 0 Å². The summed E-state index contributed by atoms with van der Waals surface area (Å²) < 4.78 is 39.0. The molecule has 0 aliphatic heterocycles. The molecule has 0 unspecified atom stereocenters. The molecule has 0 saturated carbocycles. The summed E-state index contributed by atoms with van der Waals surface area (Å²) in [6.45, 7) is 25.8. The Morgan fingerprint density at radius 3 is 0.607 bits per heavy atom. The van der Waals surface area contributed by atoms with Crippen molar-refractivity contribution in [3.8, 4) is 0 Å². The minimum absolute atomic E-state index is 0.722. The molecule has 0 heterocycles. The van der Waals surface area contributed by atoms with Gasteiger partial charge in [-0.2, -0.15) is 0 Å². The lowest BCUT2D eigenvalue weighted by Crippen LogP contribution is -2.58. The van der Waals surface area contributed by atoms with Gasteiger partial charge in [0.1, 0.15) is 0 Å². The van der Waals surface area contributed by atoms with Gasteiger partial charge < -0.3 is 24.7 Å². The van der Waals surface area contributed by atoms with Crippen LogP contribution in [0, 0.1) is 0 Å². The second-order valence-electron chi connectivity index (χ2n) is 7.93. The molecule has 14 heteroatoms. The molecule has 0 aromatic heterocycles. The summed E-state index contributed by atoms with van der Waals surface area (Å²) >= 11 is 0. The Kier molecular flexibility index (Phi) is 14.5. The van der Waals surface area contributed by atoms with Gasteiger partial charge in [-0.05, 0) is 78.6 Å². The smallest absolute Gasteiger partial charge is 0.416 e. The third kappa shape index (κ3) is 13.0. The molecule has 0 aliphatic carbocycles. The fourth-order valence-corrected chi connectivity index (χ4v) is 25.7. The maximum absolute atomic E-state index is 6.50. The van der Waals surface area contributed by atoms with Gasteiger partial charge in [0.15, 0.2) is 54.2 Å². The summed E-state index contributed by atoms with van der Waals surface area (Å²) in [6, 6.07) is 1.44. The highest BCUT2D eigenvalue weighted by Crippen LogP contribution is 2.29. The van der Waals surface area contributed by atoms with Gasteiger partial charge in [0, 0.05) is 12.1 Å². The lowest BCUT2D eigenvalue weighted by atomic mass is 11.0. The summed E-state index contributed by atoms with van der Waals surface area (Å²) in [5, 5.41) is 0. The predicted molar refractivity (Wildman–Crippen MR) is 133 cm³/mol. The highest BCUT2D eigenvalue weighted by atomic mass is 28.5. The van der Waals surface area contributed by atoms with E-state index < -0.39 is 71.9 Å². The third-order valence-corrected chi connectivity index (χ3v) is 22.4. The van der Waals surface area contributed by atoms with Crippen LogP contribution >= 0.6 is 0 Å². The van der Waals surface area contributed by atoms with E-state index >= 15 is 0 Å². The minimum Gasteiger partial charge on any atom is -0.416 e. The lowest BCUT2D eigenvalue weighted by molar-refractivity contribution is 0.249. The van der Waals surface area contributed by atoms with Crippen molar-refractivity contribution in [2.45, 2.75) is 90.7 Å². The Hall–Kier alpha value is 1.50. The first kappa shape index (κ1) is 29.5. The van der Waals surface area contributed by atoms with Crippen LogP contribution in [0.2, 0.25) is 90.7 Å². The van der Waals surface area contributed by atoms with Crippen LogP contribution in [0.15, 0.2) is 0 Å². The van der Waals surface area contributed by atoms with Gasteiger partial charge in [-0.15, -0.1) is 0 Å². The molecule has 6 nitrogen and oxygen atoms in total. The zero-order valence-electron chi connectivity index (χ0n) is 19.9. The maximum atomic E-state index is 6.50. The molecule has 28 heavy (non-hydrogen) atoms. The molecule has 0 bridgehead atoms. The van der Waals surface area contributed by atoms with Crippen LogP contribution in [0.3, 0.4) is 0 Å². The first-order valence-corrected chi connectivity index (χ1v) is 28.0. The van der Waals surface area contributed by atoms with Crippen molar-refractivity contribution in [1.82, 2.24) is 0 Å². The second-order valence-corrected chi connectivity index (χ2v) is 27.5. The maximum Gasteiger partial charge on any atom is 0.469 e. The van der Waals surface area contributed by atoms with Crippen molar-refractivity contribution >= 4 is 71.9 Å². The van der Waals surface area contributed by atoms with Crippen molar-refractivity contribution in [2.75, 3.05) is 0 Å². The number of rotatable bonds is 15. The topological polar surface area (TPSA) is 55.4 Å². The van der Waals surface area contributed by atoms with Crippen molar-refractivity contribution in [2.24, 2.45) is 0 Å². The molecule has 0 fully saturated rings. The average molecular weight is 529 g/mol. The molecule has 0 aromatic carbocycles. The van der Waals surface area contributed by atoms with E-state index in [0.29, 0.717) is 0 Å². The van der Waals surface area contributed by atoms with Gasteiger partial charge >= 0.3 is 17.6 Å². The molecule has 0 aromatic rings. The Bertz CT molecular complexity index is 334. The molecule has 0 spiro atoms. The van der Waals surface area contributed by atoms with E-state index in [9.17, 15) is 0 Å². The largest absolute Gasteiger partial charge is 0.469 e. The molecule has 6 radical (unpaired) electrons. The van der Waals surface area contributed by atoms with Crippen LogP contribution < -0.4 is 0 Å². The van der Waals surface area contributed by atoms with Crippen molar-refractivity contribution < 1.29 is 24.7 Å². The summed E-state index contributed by atoms with van der Waals surface area (Å²) in [5.74, 6) is 0. The zero-order chi connectivity index (χ0) is 22.1. The summed E-state index contributed by atoms with van der Waals surface area (Å²) in [5.41, 5.74) is 0. The Morgan fingerprint density at radius 1 is 0.357 bits per heavy atom. The molecule has 0 rings (SSSR count). The highest BCUT2D eigenvalue weighted by Gasteiger charge is 2.50. The number of hydrogen-bond acceptors (Lipinski definition) is 6. The SMILES string of the molecule is C[Si](C)O[Si](CC[Si](O[Si](C)C)(O[Si](C)C)O[Si](C)C)(O[Si](C)C)O[Si](C)C. The minimum atomic E-state index is -2.78. The standard InChI is InChI=1S/C14H40O6Si8/c1-21(2)15-27(16-22(3)4,17-23(5)6)13-14-28(18-24(7)8,19-25(9)10)20-26(11)12/h13-14H2,1-12H3. The van der Waals surface area contributed by atoms with Crippen molar-refractivity contribution in [3.63, 3.8) is 0 Å². The molecule has 164 valence electrons. The summed E-state index contributed by atoms with van der Waals surface area (Å²) in [7, 11) is -11.3. The summed E-state index contributed by atoms with van der Waals surface area (Å²) in [4.78, 5) is 0. The van der Waals surface area contributed by atoms with Gasteiger partial charge in [-0.3, -0.25) is 0 Å². The van der Waals surface area contributed by atoms with E-state index in [1.807, 2.05) is 0 Å². The van der Waals surface area contributed by atoms with Gasteiger partial charge in [0.25, 0.3) is 0 Å².